The fourth-order valence-electron chi connectivity index (χ4n) is 3.72. The van der Waals surface area contributed by atoms with Crippen LogP contribution in [0.4, 0.5) is 25.8 Å². The molecule has 0 aliphatic rings. The molecule has 0 saturated carbocycles. The van der Waals surface area contributed by atoms with Crippen LogP contribution in [0.2, 0.25) is 0 Å². The molecule has 0 N–H and O–H groups in total. The third kappa shape index (κ3) is 5.67. The van der Waals surface area contributed by atoms with E-state index in [9.17, 15) is 13.6 Å². The van der Waals surface area contributed by atoms with E-state index in [1.54, 1.807) is 11.0 Å². The second-order valence-corrected chi connectivity index (χ2v) is 9.13. The van der Waals surface area contributed by atoms with Gasteiger partial charge in [0.2, 0.25) is 0 Å². The van der Waals surface area contributed by atoms with Crippen molar-refractivity contribution in [3.63, 3.8) is 0 Å². The summed E-state index contributed by atoms with van der Waals surface area (Å²) < 4.78 is 28.4. The van der Waals surface area contributed by atoms with E-state index in [4.69, 9.17) is 0 Å². The van der Waals surface area contributed by atoms with Gasteiger partial charge in [0.15, 0.2) is 6.29 Å². The number of nitrogens with zero attached hydrogens (tertiary/aromatic N) is 1. The van der Waals surface area contributed by atoms with Crippen molar-refractivity contribution in [2.75, 3.05) is 4.90 Å². The number of unbranched alkanes of at least 4 members (excludes halogenated alkanes) is 1. The quantitative estimate of drug-likeness (QED) is 0.226. The molecule has 3 aromatic carbocycles. The summed E-state index contributed by atoms with van der Waals surface area (Å²) in [6.45, 7) is 2.16. The van der Waals surface area contributed by atoms with Crippen molar-refractivity contribution in [2.24, 2.45) is 0 Å². The Labute approximate surface area is 202 Å². The van der Waals surface area contributed by atoms with Crippen LogP contribution in [0.5, 0.6) is 0 Å². The van der Waals surface area contributed by atoms with Gasteiger partial charge >= 0.3 is 0 Å². The topological polar surface area (TPSA) is 20.3 Å². The summed E-state index contributed by atoms with van der Waals surface area (Å²) in [4.78, 5) is 14.3. The fraction of sp³-hybridized carbons (Fsp3) is 0.138. The minimum atomic E-state index is -0.622. The van der Waals surface area contributed by atoms with E-state index >= 15 is 0 Å². The van der Waals surface area contributed by atoms with Crippen molar-refractivity contribution in [3.8, 4) is 0 Å². The molecule has 4 rings (SSSR count). The third-order valence-electron chi connectivity index (χ3n) is 5.52. The Morgan fingerprint density at radius 2 is 1.50 bits per heavy atom. The number of carbonyl (C=O) groups excluding carboxylic acids is 1. The molecule has 0 unspecified atom stereocenters. The van der Waals surface area contributed by atoms with Crippen LogP contribution in [0.3, 0.4) is 0 Å². The van der Waals surface area contributed by atoms with Crippen molar-refractivity contribution < 1.29 is 13.6 Å². The molecular weight excluding hydrogens is 448 g/mol. The van der Waals surface area contributed by atoms with Gasteiger partial charge < -0.3 is 4.90 Å². The monoisotopic (exact) mass is 473 g/mol. The van der Waals surface area contributed by atoms with Gasteiger partial charge in [-0.2, -0.15) is 0 Å². The lowest BCUT2D eigenvalue weighted by molar-refractivity contribution is 0.112. The Kier molecular flexibility index (Phi) is 7.65. The highest BCUT2D eigenvalue weighted by Crippen LogP contribution is 2.36. The number of carbonyl (C=O) groups is 1. The van der Waals surface area contributed by atoms with E-state index in [1.807, 2.05) is 54.6 Å². The lowest BCUT2D eigenvalue weighted by Crippen LogP contribution is -2.12. The van der Waals surface area contributed by atoms with Crippen LogP contribution < -0.4 is 4.90 Å². The zero-order chi connectivity index (χ0) is 23.9. The molecule has 0 bridgehead atoms. The number of benzene rings is 3. The zero-order valence-corrected chi connectivity index (χ0v) is 19.7. The van der Waals surface area contributed by atoms with Crippen molar-refractivity contribution in [3.05, 3.63) is 111 Å². The first-order chi connectivity index (χ1) is 16.6. The van der Waals surface area contributed by atoms with Crippen LogP contribution in [-0.2, 0) is 6.42 Å². The molecule has 1 heterocycles. The minimum absolute atomic E-state index is 0.283. The van der Waals surface area contributed by atoms with Crippen molar-refractivity contribution in [2.45, 2.75) is 26.2 Å². The predicted molar refractivity (Wildman–Crippen MR) is 138 cm³/mol. The van der Waals surface area contributed by atoms with E-state index in [0.717, 1.165) is 53.4 Å². The van der Waals surface area contributed by atoms with E-state index in [0.29, 0.717) is 4.88 Å². The molecule has 0 saturated heterocycles. The Morgan fingerprint density at radius 1 is 0.824 bits per heavy atom. The average molecular weight is 474 g/mol. The summed E-state index contributed by atoms with van der Waals surface area (Å²) in [5, 5.41) is 0. The van der Waals surface area contributed by atoms with Crippen LogP contribution in [-0.4, -0.2) is 6.29 Å². The number of halogens is 2. The van der Waals surface area contributed by atoms with Gasteiger partial charge in [0, 0.05) is 22.3 Å². The Balaban J connectivity index is 1.65. The number of aldehydes is 1. The standard InChI is InChI=1S/C29H25F2NOS/c1-2-3-4-21-5-11-24(12-6-21)32(29-18-10-23(30)19-28(29)31)25-13-7-22(8-14-25)9-15-26-16-17-27(20-33)34-26/h5-20H,2-4H2,1H3/b15-9+. The van der Waals surface area contributed by atoms with Crippen LogP contribution in [0.25, 0.3) is 12.2 Å². The zero-order valence-electron chi connectivity index (χ0n) is 18.9. The molecule has 0 aliphatic carbocycles. The summed E-state index contributed by atoms with van der Waals surface area (Å²) in [5.41, 5.74) is 4.06. The van der Waals surface area contributed by atoms with Gasteiger partial charge in [0.05, 0.1) is 10.6 Å². The molecular formula is C29H25F2NOS. The smallest absolute Gasteiger partial charge is 0.160 e. The lowest BCUT2D eigenvalue weighted by atomic mass is 10.1. The van der Waals surface area contributed by atoms with Gasteiger partial charge in [-0.05, 0) is 78.6 Å². The summed E-state index contributed by atoms with van der Waals surface area (Å²) in [6.07, 6.45) is 8.01. The third-order valence-corrected chi connectivity index (χ3v) is 6.50. The number of rotatable bonds is 9. The van der Waals surface area contributed by atoms with E-state index in [-0.39, 0.29) is 5.69 Å². The van der Waals surface area contributed by atoms with Gasteiger partial charge in [0.25, 0.3) is 0 Å². The van der Waals surface area contributed by atoms with Gasteiger partial charge in [-0.3, -0.25) is 4.79 Å². The molecule has 0 amide bonds. The van der Waals surface area contributed by atoms with Crippen LogP contribution in [0, 0.1) is 11.6 Å². The van der Waals surface area contributed by atoms with Crippen molar-refractivity contribution in [1.82, 2.24) is 0 Å². The SMILES string of the molecule is CCCCc1ccc(N(c2ccc(/C=C/c3ccc(C=O)s3)cc2)c2ccc(F)cc2F)cc1. The van der Waals surface area contributed by atoms with Gasteiger partial charge in [-0.1, -0.05) is 43.7 Å². The number of anilines is 3. The summed E-state index contributed by atoms with van der Waals surface area (Å²) >= 11 is 1.43. The molecule has 0 aliphatic heterocycles. The van der Waals surface area contributed by atoms with Crippen LogP contribution in [0.1, 0.15) is 45.4 Å². The van der Waals surface area contributed by atoms with Gasteiger partial charge in [-0.15, -0.1) is 11.3 Å². The molecule has 1 aromatic heterocycles. The number of aryl methyl sites for hydroxylation is 1. The molecule has 4 aromatic rings. The van der Waals surface area contributed by atoms with Crippen LogP contribution in [0.15, 0.2) is 78.9 Å². The largest absolute Gasteiger partial charge is 0.308 e. The molecule has 2 nitrogen and oxygen atoms in total. The molecule has 34 heavy (non-hydrogen) atoms. The van der Waals surface area contributed by atoms with E-state index in [2.05, 4.69) is 19.1 Å². The van der Waals surface area contributed by atoms with E-state index in [1.165, 1.54) is 29.0 Å². The van der Waals surface area contributed by atoms with Crippen molar-refractivity contribution >= 4 is 46.8 Å². The summed E-state index contributed by atoms with van der Waals surface area (Å²) in [5.74, 6) is -1.23. The molecule has 5 heteroatoms. The maximum Gasteiger partial charge on any atom is 0.160 e. The average Bonchev–Trinajstić information content (AvgIpc) is 3.32. The summed E-state index contributed by atoms with van der Waals surface area (Å²) in [6, 6.07) is 23.1. The highest BCUT2D eigenvalue weighted by Gasteiger charge is 2.17. The predicted octanol–water partition coefficient (Wildman–Crippen LogP) is 8.82. The van der Waals surface area contributed by atoms with Crippen LogP contribution >= 0.6 is 11.3 Å². The highest BCUT2D eigenvalue weighted by molar-refractivity contribution is 7.14. The first-order valence-electron chi connectivity index (χ1n) is 11.2. The number of thiophene rings is 1. The lowest BCUT2D eigenvalue weighted by Gasteiger charge is -2.26. The summed E-state index contributed by atoms with van der Waals surface area (Å²) in [7, 11) is 0. The number of hydrogen-bond acceptors (Lipinski definition) is 3. The molecule has 0 fully saturated rings. The van der Waals surface area contributed by atoms with Crippen molar-refractivity contribution in [1.29, 1.82) is 0 Å². The second-order valence-electron chi connectivity index (χ2n) is 7.98. The first kappa shape index (κ1) is 23.6. The highest BCUT2D eigenvalue weighted by atomic mass is 32.1. The second kappa shape index (κ2) is 11.0. The molecule has 0 spiro atoms. The van der Waals surface area contributed by atoms with Gasteiger partial charge in [0.1, 0.15) is 11.6 Å². The minimum Gasteiger partial charge on any atom is -0.308 e. The molecule has 0 radical (unpaired) electrons. The maximum atomic E-state index is 14.8. The van der Waals surface area contributed by atoms with E-state index < -0.39 is 11.6 Å². The Morgan fingerprint density at radius 3 is 2.12 bits per heavy atom. The fourth-order valence-corrected chi connectivity index (χ4v) is 4.45. The molecule has 0 atom stereocenters. The van der Waals surface area contributed by atoms with Gasteiger partial charge in [-0.25, -0.2) is 8.78 Å². The molecule has 172 valence electrons. The number of hydrogen-bond donors (Lipinski definition) is 0. The Bertz CT molecular complexity index is 1280. The first-order valence-corrected chi connectivity index (χ1v) is 12.1. The maximum absolute atomic E-state index is 14.8. The Hall–Kier alpha value is -3.57. The normalized spacial score (nSPS) is 11.1.